The molecule has 4 nitrogen and oxygen atoms in total. The van der Waals surface area contributed by atoms with Gasteiger partial charge in [-0.15, -0.1) is 0 Å². The molecule has 1 aliphatic carbocycles. The molecular formula is C21H24N2O2. The van der Waals surface area contributed by atoms with Crippen LogP contribution in [0, 0.1) is 0 Å². The van der Waals surface area contributed by atoms with Crippen LogP contribution in [-0.4, -0.2) is 23.2 Å². The quantitative estimate of drug-likeness (QED) is 0.733. The molecule has 1 aromatic heterocycles. The van der Waals surface area contributed by atoms with Crippen LogP contribution in [0.3, 0.4) is 0 Å². The molecule has 0 saturated heterocycles. The fraction of sp³-hybridized carbons (Fsp3) is 0.381. The minimum atomic E-state index is -0.0783. The molecule has 4 heteroatoms. The van der Waals surface area contributed by atoms with Gasteiger partial charge in [0.05, 0.1) is 6.10 Å². The van der Waals surface area contributed by atoms with E-state index in [2.05, 4.69) is 53.2 Å². The number of carbonyl (C=O) groups is 1. The van der Waals surface area contributed by atoms with Crippen LogP contribution < -0.4 is 5.32 Å². The first kappa shape index (κ1) is 16.2. The maximum atomic E-state index is 12.2. The maximum absolute atomic E-state index is 12.2. The molecule has 0 bridgehead atoms. The van der Waals surface area contributed by atoms with Gasteiger partial charge in [-0.25, -0.2) is 0 Å². The minimum absolute atomic E-state index is 0.0783. The van der Waals surface area contributed by atoms with Crippen molar-refractivity contribution in [1.29, 1.82) is 0 Å². The van der Waals surface area contributed by atoms with Crippen LogP contribution in [0.1, 0.15) is 32.6 Å². The fourth-order valence-corrected chi connectivity index (χ4v) is 3.92. The maximum Gasteiger partial charge on any atom is 0.250 e. The van der Waals surface area contributed by atoms with Gasteiger partial charge >= 0.3 is 0 Å². The van der Waals surface area contributed by atoms with Crippen molar-refractivity contribution in [1.82, 2.24) is 4.57 Å². The molecule has 3 aromatic rings. The highest BCUT2D eigenvalue weighted by Crippen LogP contribution is 2.31. The molecule has 0 atom stereocenters. The smallest absolute Gasteiger partial charge is 0.250 e. The Kier molecular flexibility index (Phi) is 4.45. The summed E-state index contributed by atoms with van der Waals surface area (Å²) in [6.07, 6.45) is 4.84. The molecule has 1 heterocycles. The highest BCUT2D eigenvalue weighted by Gasteiger charge is 2.17. The summed E-state index contributed by atoms with van der Waals surface area (Å²) in [5, 5.41) is 5.37. The van der Waals surface area contributed by atoms with Crippen molar-refractivity contribution in [2.45, 2.75) is 45.3 Å². The van der Waals surface area contributed by atoms with Crippen LogP contribution in [0.5, 0.6) is 0 Å². The summed E-state index contributed by atoms with van der Waals surface area (Å²) in [6.45, 7) is 3.21. The van der Waals surface area contributed by atoms with Gasteiger partial charge < -0.3 is 14.6 Å². The predicted octanol–water partition coefficient (Wildman–Crippen LogP) is 4.71. The molecule has 4 rings (SSSR count). The Hall–Kier alpha value is -2.33. The largest absolute Gasteiger partial charge is 0.368 e. The van der Waals surface area contributed by atoms with Crippen molar-refractivity contribution < 1.29 is 9.53 Å². The molecule has 1 fully saturated rings. The van der Waals surface area contributed by atoms with Crippen LogP contribution in [0.15, 0.2) is 42.5 Å². The topological polar surface area (TPSA) is 43.3 Å². The number of rotatable bonds is 5. The lowest BCUT2D eigenvalue weighted by molar-refractivity contribution is -0.122. The Balaban J connectivity index is 1.56. The number of para-hydroxylation sites is 1. The van der Waals surface area contributed by atoms with Crippen LogP contribution in [0.4, 0.5) is 5.69 Å². The SMILES string of the molecule is CCn1c2ccccc2c2cc(NC(=O)COC3CCCC3)ccc21. The second-order valence-corrected chi connectivity index (χ2v) is 6.76. The number of hydrogen-bond donors (Lipinski definition) is 1. The van der Waals surface area contributed by atoms with E-state index in [1.165, 1.54) is 34.6 Å². The van der Waals surface area contributed by atoms with Crippen LogP contribution >= 0.6 is 0 Å². The van der Waals surface area contributed by atoms with E-state index < -0.39 is 0 Å². The number of aromatic nitrogens is 1. The molecule has 0 aliphatic heterocycles. The van der Waals surface area contributed by atoms with Crippen LogP contribution in [-0.2, 0) is 16.1 Å². The van der Waals surface area contributed by atoms with Crippen LogP contribution in [0.2, 0.25) is 0 Å². The number of amides is 1. The molecule has 1 saturated carbocycles. The summed E-state index contributed by atoms with van der Waals surface area (Å²) in [5.41, 5.74) is 3.25. The van der Waals surface area contributed by atoms with Gasteiger partial charge in [-0.2, -0.15) is 0 Å². The summed E-state index contributed by atoms with van der Waals surface area (Å²) in [5.74, 6) is -0.0783. The Morgan fingerprint density at radius 1 is 1.12 bits per heavy atom. The van der Waals surface area contributed by atoms with Gasteiger partial charge in [-0.3, -0.25) is 4.79 Å². The van der Waals surface area contributed by atoms with Crippen molar-refractivity contribution in [2.75, 3.05) is 11.9 Å². The average molecular weight is 336 g/mol. The molecule has 0 spiro atoms. The van der Waals surface area contributed by atoms with Gasteiger partial charge in [0.2, 0.25) is 5.91 Å². The third-order valence-electron chi connectivity index (χ3n) is 5.12. The molecule has 1 N–H and O–H groups in total. The number of carbonyl (C=O) groups excluding carboxylic acids is 1. The minimum Gasteiger partial charge on any atom is -0.368 e. The number of hydrogen-bond acceptors (Lipinski definition) is 2. The van der Waals surface area contributed by atoms with E-state index in [1.54, 1.807) is 0 Å². The first-order valence-electron chi connectivity index (χ1n) is 9.18. The summed E-state index contributed by atoms with van der Waals surface area (Å²) in [7, 11) is 0. The van der Waals surface area contributed by atoms with E-state index in [-0.39, 0.29) is 18.6 Å². The van der Waals surface area contributed by atoms with Crippen molar-refractivity contribution in [3.05, 3.63) is 42.5 Å². The molecule has 2 aromatic carbocycles. The second-order valence-electron chi connectivity index (χ2n) is 6.76. The van der Waals surface area contributed by atoms with Crippen molar-refractivity contribution in [2.24, 2.45) is 0 Å². The number of nitrogens with one attached hydrogen (secondary N) is 1. The zero-order chi connectivity index (χ0) is 17.2. The zero-order valence-electron chi connectivity index (χ0n) is 14.6. The zero-order valence-corrected chi connectivity index (χ0v) is 14.6. The van der Waals surface area contributed by atoms with E-state index in [9.17, 15) is 4.79 Å². The number of ether oxygens (including phenoxy) is 1. The molecule has 0 radical (unpaired) electrons. The third kappa shape index (κ3) is 3.14. The number of fused-ring (bicyclic) bond motifs is 3. The fourth-order valence-electron chi connectivity index (χ4n) is 3.92. The normalized spacial score (nSPS) is 15.2. The van der Waals surface area contributed by atoms with Gasteiger partial charge in [0.15, 0.2) is 0 Å². The molecule has 25 heavy (non-hydrogen) atoms. The number of nitrogens with zero attached hydrogens (tertiary/aromatic N) is 1. The number of anilines is 1. The highest BCUT2D eigenvalue weighted by atomic mass is 16.5. The Labute approximate surface area is 147 Å². The molecule has 130 valence electrons. The molecule has 1 amide bonds. The van der Waals surface area contributed by atoms with E-state index in [0.717, 1.165) is 25.1 Å². The lowest BCUT2D eigenvalue weighted by Crippen LogP contribution is -2.21. The van der Waals surface area contributed by atoms with E-state index in [0.29, 0.717) is 0 Å². The van der Waals surface area contributed by atoms with Gasteiger partial charge in [0.1, 0.15) is 6.61 Å². The van der Waals surface area contributed by atoms with Gasteiger partial charge in [0.25, 0.3) is 0 Å². The molecule has 1 aliphatic rings. The summed E-state index contributed by atoms with van der Waals surface area (Å²) in [6, 6.07) is 14.5. The Morgan fingerprint density at radius 3 is 2.68 bits per heavy atom. The van der Waals surface area contributed by atoms with E-state index in [4.69, 9.17) is 4.74 Å². The summed E-state index contributed by atoms with van der Waals surface area (Å²) >= 11 is 0. The van der Waals surface area contributed by atoms with Crippen molar-refractivity contribution in [3.63, 3.8) is 0 Å². The second kappa shape index (κ2) is 6.89. The average Bonchev–Trinajstić information content (AvgIpc) is 3.25. The van der Waals surface area contributed by atoms with Crippen LogP contribution in [0.25, 0.3) is 21.8 Å². The van der Waals surface area contributed by atoms with Gasteiger partial charge in [-0.1, -0.05) is 31.0 Å². The third-order valence-corrected chi connectivity index (χ3v) is 5.12. The first-order valence-corrected chi connectivity index (χ1v) is 9.18. The molecular weight excluding hydrogens is 312 g/mol. The first-order chi connectivity index (χ1) is 12.3. The molecule has 0 unspecified atom stereocenters. The number of benzene rings is 2. The highest BCUT2D eigenvalue weighted by molar-refractivity contribution is 6.09. The number of aryl methyl sites for hydroxylation is 1. The van der Waals surface area contributed by atoms with Gasteiger partial charge in [0, 0.05) is 34.0 Å². The Morgan fingerprint density at radius 2 is 1.88 bits per heavy atom. The monoisotopic (exact) mass is 336 g/mol. The lowest BCUT2D eigenvalue weighted by atomic mass is 10.1. The van der Waals surface area contributed by atoms with Crippen molar-refractivity contribution >= 4 is 33.4 Å². The predicted molar refractivity (Wildman–Crippen MR) is 102 cm³/mol. The lowest BCUT2D eigenvalue weighted by Gasteiger charge is -2.11. The summed E-state index contributed by atoms with van der Waals surface area (Å²) in [4.78, 5) is 12.2. The summed E-state index contributed by atoms with van der Waals surface area (Å²) < 4.78 is 8.01. The van der Waals surface area contributed by atoms with Gasteiger partial charge in [-0.05, 0) is 44.0 Å². The Bertz CT molecular complexity index is 907. The van der Waals surface area contributed by atoms with E-state index >= 15 is 0 Å². The standard InChI is InChI=1S/C21H24N2O2/c1-2-23-19-10-6-5-9-17(19)18-13-15(11-12-20(18)23)22-21(24)14-25-16-7-3-4-8-16/h5-6,9-13,16H,2-4,7-8,14H2,1H3,(H,22,24). The van der Waals surface area contributed by atoms with Crippen molar-refractivity contribution in [3.8, 4) is 0 Å². The van der Waals surface area contributed by atoms with E-state index in [1.807, 2.05) is 6.07 Å².